The van der Waals surface area contributed by atoms with Gasteiger partial charge in [0.25, 0.3) is 0 Å². The SMILES string of the molecule is O=C(C[C@H](c1ccc(Cl)nc1)c1cn(Cc2ccccc2)c2ccccc12)N1CCCC1. The summed E-state index contributed by atoms with van der Waals surface area (Å²) >= 11 is 6.07. The third-order valence-corrected chi connectivity index (χ3v) is 6.60. The van der Waals surface area contributed by atoms with Crippen molar-refractivity contribution in [1.29, 1.82) is 0 Å². The minimum atomic E-state index is -0.0743. The van der Waals surface area contributed by atoms with E-state index in [1.807, 2.05) is 29.3 Å². The van der Waals surface area contributed by atoms with Gasteiger partial charge in [0.1, 0.15) is 5.15 Å². The molecule has 5 heteroatoms. The van der Waals surface area contributed by atoms with Crippen LogP contribution in [0.25, 0.3) is 10.9 Å². The lowest BCUT2D eigenvalue weighted by atomic mass is 9.88. The number of amides is 1. The zero-order valence-corrected chi connectivity index (χ0v) is 18.7. The molecule has 1 atom stereocenters. The topological polar surface area (TPSA) is 38.1 Å². The Morgan fingerprint density at radius 1 is 0.969 bits per heavy atom. The first-order valence-electron chi connectivity index (χ1n) is 11.2. The smallest absolute Gasteiger partial charge is 0.223 e. The number of fused-ring (bicyclic) bond motifs is 1. The van der Waals surface area contributed by atoms with Crippen molar-refractivity contribution >= 4 is 28.4 Å². The van der Waals surface area contributed by atoms with Crippen LogP contribution in [0.3, 0.4) is 0 Å². The van der Waals surface area contributed by atoms with Gasteiger partial charge in [-0.2, -0.15) is 0 Å². The number of carbonyl (C=O) groups excluding carboxylic acids is 1. The number of hydrogen-bond acceptors (Lipinski definition) is 2. The molecule has 4 nitrogen and oxygen atoms in total. The summed E-state index contributed by atoms with van der Waals surface area (Å²) in [5.74, 6) is 0.136. The molecule has 5 rings (SSSR count). The molecule has 0 spiro atoms. The highest BCUT2D eigenvalue weighted by molar-refractivity contribution is 6.29. The summed E-state index contributed by atoms with van der Waals surface area (Å²) in [6.45, 7) is 2.51. The standard InChI is InChI=1S/C27H26ClN3O/c28-26-13-12-21(17-29-26)23(16-27(32)30-14-6-7-15-30)24-19-31(18-20-8-2-1-3-9-20)25-11-5-4-10-22(24)25/h1-5,8-13,17,19,23H,6-7,14-16,18H2/t23-/m1/s1. The monoisotopic (exact) mass is 443 g/mol. The molecule has 32 heavy (non-hydrogen) atoms. The third kappa shape index (κ3) is 4.28. The molecule has 2 aromatic carbocycles. The van der Waals surface area contributed by atoms with Gasteiger partial charge in [-0.1, -0.05) is 66.2 Å². The molecule has 162 valence electrons. The van der Waals surface area contributed by atoms with Crippen LogP contribution < -0.4 is 0 Å². The van der Waals surface area contributed by atoms with Crippen LogP contribution in [-0.2, 0) is 11.3 Å². The van der Waals surface area contributed by atoms with Crippen LogP contribution in [-0.4, -0.2) is 33.4 Å². The molecule has 1 aliphatic rings. The molecular weight excluding hydrogens is 418 g/mol. The Morgan fingerprint density at radius 2 is 1.72 bits per heavy atom. The maximum absolute atomic E-state index is 13.2. The zero-order valence-electron chi connectivity index (χ0n) is 18.0. The molecule has 3 heterocycles. The quantitative estimate of drug-likeness (QED) is 0.349. The van der Waals surface area contributed by atoms with Gasteiger partial charge >= 0.3 is 0 Å². The van der Waals surface area contributed by atoms with E-state index >= 15 is 0 Å². The highest BCUT2D eigenvalue weighted by Crippen LogP contribution is 2.36. The maximum atomic E-state index is 13.2. The van der Waals surface area contributed by atoms with E-state index in [1.54, 1.807) is 0 Å². The lowest BCUT2D eigenvalue weighted by Gasteiger charge is -2.21. The minimum absolute atomic E-state index is 0.0743. The van der Waals surface area contributed by atoms with Crippen LogP contribution in [0.15, 0.2) is 79.1 Å². The number of para-hydroxylation sites is 1. The summed E-state index contributed by atoms with van der Waals surface area (Å²) in [7, 11) is 0. The van der Waals surface area contributed by atoms with E-state index in [1.165, 1.54) is 16.5 Å². The molecular formula is C27H26ClN3O. The number of rotatable bonds is 6. The van der Waals surface area contributed by atoms with Gasteiger partial charge < -0.3 is 9.47 Å². The van der Waals surface area contributed by atoms with Crippen molar-refractivity contribution in [2.24, 2.45) is 0 Å². The number of aromatic nitrogens is 2. The van der Waals surface area contributed by atoms with Crippen LogP contribution in [0.1, 0.15) is 41.9 Å². The Labute approximate surface area is 193 Å². The van der Waals surface area contributed by atoms with E-state index in [2.05, 4.69) is 64.3 Å². The van der Waals surface area contributed by atoms with Gasteiger partial charge in [-0.05, 0) is 41.7 Å². The van der Waals surface area contributed by atoms with E-state index < -0.39 is 0 Å². The number of likely N-dealkylation sites (tertiary alicyclic amines) is 1. The Morgan fingerprint density at radius 3 is 2.47 bits per heavy atom. The molecule has 1 fully saturated rings. The fourth-order valence-corrected chi connectivity index (χ4v) is 4.85. The first kappa shape index (κ1) is 20.8. The molecule has 4 aromatic rings. The number of nitrogens with zero attached hydrogens (tertiary/aromatic N) is 3. The van der Waals surface area contributed by atoms with E-state index in [4.69, 9.17) is 11.6 Å². The van der Waals surface area contributed by atoms with E-state index in [-0.39, 0.29) is 11.8 Å². The average Bonchev–Trinajstić information content (AvgIpc) is 3.48. The van der Waals surface area contributed by atoms with Crippen molar-refractivity contribution in [3.05, 3.63) is 101 Å². The summed E-state index contributed by atoms with van der Waals surface area (Å²) in [5.41, 5.74) is 4.60. The largest absolute Gasteiger partial charge is 0.343 e. The van der Waals surface area contributed by atoms with Crippen molar-refractivity contribution in [3.63, 3.8) is 0 Å². The van der Waals surface area contributed by atoms with E-state index in [0.717, 1.165) is 43.6 Å². The molecule has 2 aromatic heterocycles. The van der Waals surface area contributed by atoms with Crippen LogP contribution in [0.2, 0.25) is 5.15 Å². The molecule has 1 saturated heterocycles. The highest BCUT2D eigenvalue weighted by Gasteiger charge is 2.26. The molecule has 0 unspecified atom stereocenters. The maximum Gasteiger partial charge on any atom is 0.223 e. The summed E-state index contributed by atoms with van der Waals surface area (Å²) < 4.78 is 2.29. The average molecular weight is 444 g/mol. The predicted molar refractivity (Wildman–Crippen MR) is 129 cm³/mol. The number of benzene rings is 2. The zero-order chi connectivity index (χ0) is 21.9. The number of carbonyl (C=O) groups is 1. The molecule has 0 bridgehead atoms. The van der Waals surface area contributed by atoms with Gasteiger partial charge in [-0.3, -0.25) is 4.79 Å². The van der Waals surface area contributed by atoms with Crippen molar-refractivity contribution < 1.29 is 4.79 Å². The lowest BCUT2D eigenvalue weighted by molar-refractivity contribution is -0.130. The molecule has 1 aliphatic heterocycles. The molecule has 0 aliphatic carbocycles. The van der Waals surface area contributed by atoms with Gasteiger partial charge in [0, 0.05) is 55.3 Å². The molecule has 0 radical (unpaired) electrons. The highest BCUT2D eigenvalue weighted by atomic mass is 35.5. The summed E-state index contributed by atoms with van der Waals surface area (Å²) in [6.07, 6.45) is 6.65. The molecule has 0 N–H and O–H groups in total. The van der Waals surface area contributed by atoms with Crippen molar-refractivity contribution in [1.82, 2.24) is 14.5 Å². The van der Waals surface area contributed by atoms with Crippen LogP contribution in [0.4, 0.5) is 0 Å². The summed E-state index contributed by atoms with van der Waals surface area (Å²) in [5, 5.41) is 1.64. The number of pyridine rings is 1. The minimum Gasteiger partial charge on any atom is -0.343 e. The van der Waals surface area contributed by atoms with Gasteiger partial charge in [-0.15, -0.1) is 0 Å². The van der Waals surface area contributed by atoms with Gasteiger partial charge in [0.2, 0.25) is 5.91 Å². The second-order valence-corrected chi connectivity index (χ2v) is 8.86. The molecule has 0 saturated carbocycles. The fourth-order valence-electron chi connectivity index (χ4n) is 4.73. The summed E-state index contributed by atoms with van der Waals surface area (Å²) in [4.78, 5) is 19.5. The Bertz CT molecular complexity index is 1210. The van der Waals surface area contributed by atoms with E-state index in [9.17, 15) is 4.79 Å². The predicted octanol–water partition coefficient (Wildman–Crippen LogP) is 5.88. The number of halogens is 1. The number of hydrogen-bond donors (Lipinski definition) is 0. The normalized spacial score (nSPS) is 14.7. The van der Waals surface area contributed by atoms with Gasteiger partial charge in [0.15, 0.2) is 0 Å². The lowest BCUT2D eigenvalue weighted by Crippen LogP contribution is -2.29. The van der Waals surface area contributed by atoms with Gasteiger partial charge in [0.05, 0.1) is 0 Å². The third-order valence-electron chi connectivity index (χ3n) is 6.38. The van der Waals surface area contributed by atoms with Crippen LogP contribution in [0, 0.1) is 0 Å². The second-order valence-electron chi connectivity index (χ2n) is 8.47. The van der Waals surface area contributed by atoms with Crippen molar-refractivity contribution in [2.75, 3.05) is 13.1 Å². The van der Waals surface area contributed by atoms with Crippen molar-refractivity contribution in [2.45, 2.75) is 31.7 Å². The van der Waals surface area contributed by atoms with E-state index in [0.29, 0.717) is 11.6 Å². The van der Waals surface area contributed by atoms with Gasteiger partial charge in [-0.25, -0.2) is 4.98 Å². The fraction of sp³-hybridized carbons (Fsp3) is 0.259. The first-order chi connectivity index (χ1) is 15.7. The Hall–Kier alpha value is -3.11. The van der Waals surface area contributed by atoms with Crippen LogP contribution in [0.5, 0.6) is 0 Å². The Balaban J connectivity index is 1.57. The first-order valence-corrected chi connectivity index (χ1v) is 11.6. The summed E-state index contributed by atoms with van der Waals surface area (Å²) in [6, 6.07) is 22.7. The Kier molecular flexibility index (Phi) is 5.95. The molecule has 1 amide bonds. The van der Waals surface area contributed by atoms with Crippen molar-refractivity contribution in [3.8, 4) is 0 Å². The van der Waals surface area contributed by atoms with Crippen LogP contribution >= 0.6 is 11.6 Å². The second kappa shape index (κ2) is 9.17.